The van der Waals surface area contributed by atoms with Crippen molar-refractivity contribution in [2.75, 3.05) is 53.0 Å². The first kappa shape index (κ1) is 23.0. The second-order valence-electron chi connectivity index (χ2n) is 8.95. The summed E-state index contributed by atoms with van der Waals surface area (Å²) in [6.07, 6.45) is 4.54. The molecule has 1 amide bonds. The Kier molecular flexibility index (Phi) is 8.36. The first-order valence-corrected chi connectivity index (χ1v) is 11.9. The second-order valence-corrected chi connectivity index (χ2v) is 8.95. The van der Waals surface area contributed by atoms with Crippen LogP contribution in [0.2, 0.25) is 0 Å². The maximum absolute atomic E-state index is 12.0. The van der Waals surface area contributed by atoms with Gasteiger partial charge in [-0.2, -0.15) is 0 Å². The van der Waals surface area contributed by atoms with Crippen LogP contribution in [0.5, 0.6) is 0 Å². The average molecular weight is 444 g/mol. The number of aliphatic imine (C=N–C) groups is 1. The van der Waals surface area contributed by atoms with Crippen LogP contribution in [-0.4, -0.2) is 86.8 Å². The van der Waals surface area contributed by atoms with Gasteiger partial charge in [0.25, 0.3) is 0 Å². The van der Waals surface area contributed by atoms with Crippen LogP contribution in [0.25, 0.3) is 0 Å². The Morgan fingerprint density at radius 3 is 2.59 bits per heavy atom. The lowest BCUT2D eigenvalue weighted by Crippen LogP contribution is -2.54. The lowest BCUT2D eigenvalue weighted by Gasteiger charge is -2.36. The molecule has 2 heterocycles. The Bertz CT molecular complexity index is 769. The number of piperazine rings is 1. The molecular weight excluding hydrogens is 406 g/mol. The van der Waals surface area contributed by atoms with Crippen molar-refractivity contribution in [3.05, 3.63) is 35.4 Å². The zero-order chi connectivity index (χ0) is 22.2. The average Bonchev–Trinajstić information content (AvgIpc) is 3.64. The van der Waals surface area contributed by atoms with E-state index in [-0.39, 0.29) is 5.91 Å². The smallest absolute Gasteiger partial charge is 0.234 e. The van der Waals surface area contributed by atoms with Crippen LogP contribution in [0.15, 0.2) is 29.3 Å². The van der Waals surface area contributed by atoms with Gasteiger partial charge in [-0.1, -0.05) is 24.3 Å². The van der Waals surface area contributed by atoms with E-state index in [0.717, 1.165) is 77.6 Å². The van der Waals surface area contributed by atoms with Crippen LogP contribution in [-0.2, 0) is 27.4 Å². The number of ether oxygens (including phenoxy) is 2. The molecule has 8 heteroatoms. The number of carbonyl (C=O) groups is 1. The molecule has 1 aliphatic carbocycles. The van der Waals surface area contributed by atoms with Gasteiger partial charge in [0.1, 0.15) is 0 Å². The predicted octanol–water partition coefficient (Wildman–Crippen LogP) is 1.35. The van der Waals surface area contributed by atoms with E-state index in [2.05, 4.69) is 49.7 Å². The van der Waals surface area contributed by atoms with Gasteiger partial charge in [-0.25, -0.2) is 0 Å². The molecule has 0 unspecified atom stereocenters. The summed E-state index contributed by atoms with van der Waals surface area (Å²) in [7, 11) is 1.83. The Hall–Kier alpha value is -2.16. The van der Waals surface area contributed by atoms with Crippen LogP contribution in [0, 0.1) is 0 Å². The van der Waals surface area contributed by atoms with Crippen molar-refractivity contribution in [3.8, 4) is 0 Å². The third-order valence-corrected chi connectivity index (χ3v) is 6.29. The molecule has 1 aromatic carbocycles. The van der Waals surface area contributed by atoms with E-state index in [1.807, 2.05) is 7.05 Å². The van der Waals surface area contributed by atoms with Crippen LogP contribution in [0.3, 0.4) is 0 Å². The Labute approximate surface area is 191 Å². The molecule has 1 saturated carbocycles. The molecule has 0 aromatic heterocycles. The van der Waals surface area contributed by atoms with Crippen molar-refractivity contribution in [2.45, 2.75) is 51.0 Å². The maximum atomic E-state index is 12.0. The minimum absolute atomic E-state index is 0.157. The SMILES string of the molecule is CN=C(NCc1cccc(COC2CCOCC2)c1)N1CCN(CC(=O)NC2CC2)CC1. The fraction of sp³-hybridized carbons (Fsp3) is 0.667. The molecule has 0 spiro atoms. The number of hydrogen-bond donors (Lipinski definition) is 2. The van der Waals surface area contributed by atoms with E-state index in [1.54, 1.807) is 0 Å². The van der Waals surface area contributed by atoms with E-state index < -0.39 is 0 Å². The van der Waals surface area contributed by atoms with E-state index in [4.69, 9.17) is 9.47 Å². The summed E-state index contributed by atoms with van der Waals surface area (Å²) in [5.41, 5.74) is 2.42. The van der Waals surface area contributed by atoms with E-state index in [9.17, 15) is 4.79 Å². The summed E-state index contributed by atoms with van der Waals surface area (Å²) in [4.78, 5) is 21.0. The lowest BCUT2D eigenvalue weighted by molar-refractivity contribution is -0.122. The highest BCUT2D eigenvalue weighted by molar-refractivity contribution is 5.80. The summed E-state index contributed by atoms with van der Waals surface area (Å²) in [6.45, 7) is 6.95. The number of nitrogens with zero attached hydrogens (tertiary/aromatic N) is 3. The molecule has 1 aromatic rings. The zero-order valence-corrected chi connectivity index (χ0v) is 19.2. The number of benzene rings is 1. The minimum atomic E-state index is 0.157. The van der Waals surface area contributed by atoms with Gasteiger partial charge < -0.3 is 25.0 Å². The molecule has 2 saturated heterocycles. The summed E-state index contributed by atoms with van der Waals surface area (Å²) in [6, 6.07) is 8.98. The molecule has 2 N–H and O–H groups in total. The fourth-order valence-electron chi connectivity index (χ4n) is 4.22. The molecule has 8 nitrogen and oxygen atoms in total. The van der Waals surface area contributed by atoms with Crippen molar-refractivity contribution in [1.29, 1.82) is 0 Å². The molecule has 32 heavy (non-hydrogen) atoms. The van der Waals surface area contributed by atoms with E-state index >= 15 is 0 Å². The van der Waals surface area contributed by atoms with E-state index in [1.165, 1.54) is 11.1 Å². The summed E-state index contributed by atoms with van der Waals surface area (Å²) in [5.74, 6) is 1.07. The van der Waals surface area contributed by atoms with Crippen molar-refractivity contribution in [1.82, 2.24) is 20.4 Å². The number of nitrogens with one attached hydrogen (secondary N) is 2. The van der Waals surface area contributed by atoms with Crippen LogP contribution in [0.4, 0.5) is 0 Å². The monoisotopic (exact) mass is 443 g/mol. The molecule has 0 atom stereocenters. The van der Waals surface area contributed by atoms with Crippen molar-refractivity contribution in [3.63, 3.8) is 0 Å². The third-order valence-electron chi connectivity index (χ3n) is 6.29. The molecule has 0 bridgehead atoms. The van der Waals surface area contributed by atoms with Crippen LogP contribution < -0.4 is 10.6 Å². The summed E-state index contributed by atoms with van der Waals surface area (Å²) in [5, 5.41) is 6.57. The Morgan fingerprint density at radius 2 is 1.88 bits per heavy atom. The molecule has 0 radical (unpaired) electrons. The topological polar surface area (TPSA) is 78.4 Å². The highest BCUT2D eigenvalue weighted by Crippen LogP contribution is 2.18. The van der Waals surface area contributed by atoms with Crippen LogP contribution in [0.1, 0.15) is 36.8 Å². The first-order chi connectivity index (χ1) is 15.7. The van der Waals surface area contributed by atoms with Gasteiger partial charge in [0.05, 0.1) is 19.3 Å². The number of guanidine groups is 1. The number of rotatable bonds is 8. The highest BCUT2D eigenvalue weighted by Gasteiger charge is 2.26. The molecule has 176 valence electrons. The van der Waals surface area contributed by atoms with Gasteiger partial charge in [0, 0.05) is 59.0 Å². The molecule has 4 rings (SSSR count). The van der Waals surface area contributed by atoms with Crippen LogP contribution >= 0.6 is 0 Å². The Morgan fingerprint density at radius 1 is 1.12 bits per heavy atom. The predicted molar refractivity (Wildman–Crippen MR) is 124 cm³/mol. The molecule has 2 aliphatic heterocycles. The zero-order valence-electron chi connectivity index (χ0n) is 19.2. The van der Waals surface area contributed by atoms with Crippen molar-refractivity contribution >= 4 is 11.9 Å². The van der Waals surface area contributed by atoms with Gasteiger partial charge >= 0.3 is 0 Å². The lowest BCUT2D eigenvalue weighted by atomic mass is 10.1. The second kappa shape index (κ2) is 11.6. The number of hydrogen-bond acceptors (Lipinski definition) is 5. The minimum Gasteiger partial charge on any atom is -0.381 e. The third kappa shape index (κ3) is 7.18. The standard InChI is InChI=1S/C24H37N5O3/c1-25-24(29-11-9-28(10-12-29)17-23(30)27-21-5-6-21)26-16-19-3-2-4-20(15-19)18-32-22-7-13-31-14-8-22/h2-4,15,21-22H,5-14,16-18H2,1H3,(H,25,26)(H,27,30). The quantitative estimate of drug-likeness (QED) is 0.467. The van der Waals surface area contributed by atoms with Gasteiger partial charge in [-0.3, -0.25) is 14.7 Å². The molecule has 3 fully saturated rings. The van der Waals surface area contributed by atoms with Gasteiger partial charge in [0.2, 0.25) is 5.91 Å². The van der Waals surface area contributed by atoms with Gasteiger partial charge in [0.15, 0.2) is 5.96 Å². The largest absolute Gasteiger partial charge is 0.381 e. The number of carbonyl (C=O) groups excluding carboxylic acids is 1. The molecular formula is C24H37N5O3. The summed E-state index contributed by atoms with van der Waals surface area (Å²) < 4.78 is 11.5. The first-order valence-electron chi connectivity index (χ1n) is 11.9. The molecule has 3 aliphatic rings. The Balaban J connectivity index is 1.19. The van der Waals surface area contributed by atoms with E-state index in [0.29, 0.717) is 25.3 Å². The maximum Gasteiger partial charge on any atom is 0.234 e. The normalized spacial score (nSPS) is 20.9. The van der Waals surface area contributed by atoms with Gasteiger partial charge in [-0.05, 0) is 36.8 Å². The highest BCUT2D eigenvalue weighted by atomic mass is 16.5. The van der Waals surface area contributed by atoms with Crippen molar-refractivity contribution in [2.24, 2.45) is 4.99 Å². The summed E-state index contributed by atoms with van der Waals surface area (Å²) >= 11 is 0. The fourth-order valence-corrected chi connectivity index (χ4v) is 4.22. The number of amides is 1. The van der Waals surface area contributed by atoms with Gasteiger partial charge in [-0.15, -0.1) is 0 Å². The van der Waals surface area contributed by atoms with Crippen molar-refractivity contribution < 1.29 is 14.3 Å².